The molecule has 26 heavy (non-hydrogen) atoms. The Balaban J connectivity index is 2.01. The fourth-order valence-electron chi connectivity index (χ4n) is 2.68. The summed E-state index contributed by atoms with van der Waals surface area (Å²) in [4.78, 5) is 23.7. The topological polar surface area (TPSA) is 84.9 Å². The lowest BCUT2D eigenvalue weighted by Crippen LogP contribution is -2.49. The van der Waals surface area contributed by atoms with Crippen molar-refractivity contribution in [1.82, 2.24) is 5.32 Å². The van der Waals surface area contributed by atoms with E-state index in [1.807, 2.05) is 0 Å². The van der Waals surface area contributed by atoms with Crippen molar-refractivity contribution < 1.29 is 37.3 Å². The molecule has 0 radical (unpaired) electrons. The Kier molecular flexibility index (Phi) is 6.12. The largest absolute Gasteiger partial charge is 0.481 e. The van der Waals surface area contributed by atoms with E-state index in [0.29, 0.717) is 0 Å². The molecule has 0 aromatic heterocycles. The van der Waals surface area contributed by atoms with Crippen molar-refractivity contribution in [2.45, 2.75) is 32.0 Å². The predicted molar refractivity (Wildman–Crippen MR) is 84.7 cm³/mol. The summed E-state index contributed by atoms with van der Waals surface area (Å²) in [6, 6.07) is 4.59. The number of hydrogen-bond donors (Lipinski definition) is 2. The van der Waals surface area contributed by atoms with Gasteiger partial charge < -0.3 is 19.9 Å². The fourth-order valence-corrected chi connectivity index (χ4v) is 2.68. The molecule has 144 valence electrons. The maximum Gasteiger partial charge on any atom is 0.419 e. The molecule has 1 aromatic carbocycles. The number of carboxylic acids is 1. The van der Waals surface area contributed by atoms with Crippen LogP contribution in [0.25, 0.3) is 0 Å². The Labute approximate surface area is 148 Å². The van der Waals surface area contributed by atoms with Crippen molar-refractivity contribution in [1.29, 1.82) is 0 Å². The number of halogens is 3. The van der Waals surface area contributed by atoms with Gasteiger partial charge in [-0.15, -0.1) is 0 Å². The normalized spacial score (nSPS) is 18.0. The molecule has 9 heteroatoms. The van der Waals surface area contributed by atoms with Crippen LogP contribution in [0.15, 0.2) is 24.3 Å². The summed E-state index contributed by atoms with van der Waals surface area (Å²) in [5.41, 5.74) is -2.12. The molecule has 1 amide bonds. The number of amides is 1. The number of para-hydroxylation sites is 1. The third kappa shape index (κ3) is 4.66. The SMILES string of the molecule is CC(Oc1ccccc1C(F)(F)F)C(=O)NCC1(C(=O)O)CCOCC1. The summed E-state index contributed by atoms with van der Waals surface area (Å²) in [7, 11) is 0. The molecule has 1 saturated heterocycles. The van der Waals surface area contributed by atoms with Crippen LogP contribution in [0.1, 0.15) is 25.3 Å². The van der Waals surface area contributed by atoms with E-state index >= 15 is 0 Å². The lowest BCUT2D eigenvalue weighted by Gasteiger charge is -2.33. The molecule has 1 aliphatic heterocycles. The van der Waals surface area contributed by atoms with E-state index in [2.05, 4.69) is 5.32 Å². The maximum absolute atomic E-state index is 13.0. The van der Waals surface area contributed by atoms with Gasteiger partial charge in [-0.05, 0) is 31.9 Å². The summed E-state index contributed by atoms with van der Waals surface area (Å²) in [6.07, 6.45) is -5.34. The second-order valence-electron chi connectivity index (χ2n) is 6.17. The second-order valence-corrected chi connectivity index (χ2v) is 6.17. The molecular weight excluding hydrogens is 355 g/mol. The number of hydrogen-bond acceptors (Lipinski definition) is 4. The average Bonchev–Trinajstić information content (AvgIpc) is 2.59. The van der Waals surface area contributed by atoms with Crippen LogP contribution in [0, 0.1) is 5.41 Å². The zero-order valence-electron chi connectivity index (χ0n) is 14.1. The number of rotatable bonds is 6. The lowest BCUT2D eigenvalue weighted by atomic mass is 9.80. The minimum atomic E-state index is -4.61. The van der Waals surface area contributed by atoms with E-state index in [9.17, 15) is 27.9 Å². The van der Waals surface area contributed by atoms with Crippen LogP contribution < -0.4 is 10.1 Å². The summed E-state index contributed by atoms with van der Waals surface area (Å²) in [5.74, 6) is -2.19. The third-order valence-electron chi connectivity index (χ3n) is 4.37. The minimum absolute atomic E-state index is 0.140. The van der Waals surface area contributed by atoms with Gasteiger partial charge in [-0.2, -0.15) is 13.2 Å². The molecule has 0 bridgehead atoms. The fraction of sp³-hybridized carbons (Fsp3) is 0.529. The molecule has 0 spiro atoms. The van der Waals surface area contributed by atoms with Gasteiger partial charge in [-0.3, -0.25) is 9.59 Å². The smallest absolute Gasteiger partial charge is 0.419 e. The first-order valence-corrected chi connectivity index (χ1v) is 8.07. The Hall–Kier alpha value is -2.29. The Bertz CT molecular complexity index is 656. The number of carbonyl (C=O) groups is 2. The zero-order valence-corrected chi connectivity index (χ0v) is 14.1. The highest BCUT2D eigenvalue weighted by Gasteiger charge is 2.41. The summed E-state index contributed by atoms with van der Waals surface area (Å²) in [5, 5.41) is 11.9. The second kappa shape index (κ2) is 7.94. The standard InChI is InChI=1S/C17H20F3NO5/c1-11(26-13-5-3-2-4-12(13)17(18,19)20)14(22)21-10-16(15(23)24)6-8-25-9-7-16/h2-5,11H,6-10H2,1H3,(H,21,22)(H,23,24). The molecule has 1 aliphatic rings. The molecule has 2 rings (SSSR count). The first-order chi connectivity index (χ1) is 12.2. The number of carboxylic acid groups (broad SMARTS) is 1. The molecule has 1 fully saturated rings. The average molecular weight is 375 g/mol. The lowest BCUT2D eigenvalue weighted by molar-refractivity contribution is -0.155. The number of alkyl halides is 3. The van der Waals surface area contributed by atoms with E-state index in [1.165, 1.54) is 19.1 Å². The van der Waals surface area contributed by atoms with E-state index in [-0.39, 0.29) is 32.6 Å². The molecule has 1 atom stereocenters. The van der Waals surface area contributed by atoms with Gasteiger partial charge in [0.15, 0.2) is 6.10 Å². The van der Waals surface area contributed by atoms with Crippen LogP contribution in [0.5, 0.6) is 5.75 Å². The molecule has 1 aromatic rings. The van der Waals surface area contributed by atoms with Gasteiger partial charge in [0.1, 0.15) is 5.75 Å². The molecule has 1 heterocycles. The van der Waals surface area contributed by atoms with Crippen molar-refractivity contribution >= 4 is 11.9 Å². The molecule has 0 aliphatic carbocycles. The van der Waals surface area contributed by atoms with Crippen LogP contribution in [-0.4, -0.2) is 42.8 Å². The highest BCUT2D eigenvalue weighted by Crippen LogP contribution is 2.36. The van der Waals surface area contributed by atoms with Gasteiger partial charge in [-0.1, -0.05) is 12.1 Å². The summed E-state index contributed by atoms with van der Waals surface area (Å²) >= 11 is 0. The van der Waals surface area contributed by atoms with E-state index in [4.69, 9.17) is 9.47 Å². The quantitative estimate of drug-likeness (QED) is 0.798. The van der Waals surface area contributed by atoms with Gasteiger partial charge in [0, 0.05) is 19.8 Å². The van der Waals surface area contributed by atoms with Crippen LogP contribution >= 0.6 is 0 Å². The van der Waals surface area contributed by atoms with Crippen molar-refractivity contribution in [3.8, 4) is 5.75 Å². The first-order valence-electron chi connectivity index (χ1n) is 8.07. The van der Waals surface area contributed by atoms with Crippen molar-refractivity contribution in [3.05, 3.63) is 29.8 Å². The highest BCUT2D eigenvalue weighted by molar-refractivity contribution is 5.82. The van der Waals surface area contributed by atoms with E-state index in [1.54, 1.807) is 0 Å². The number of carbonyl (C=O) groups excluding carboxylic acids is 1. The van der Waals surface area contributed by atoms with Crippen molar-refractivity contribution in [2.24, 2.45) is 5.41 Å². The van der Waals surface area contributed by atoms with Gasteiger partial charge in [0.25, 0.3) is 5.91 Å². The molecule has 2 N–H and O–H groups in total. The maximum atomic E-state index is 13.0. The Morgan fingerprint density at radius 2 is 1.92 bits per heavy atom. The van der Waals surface area contributed by atoms with Gasteiger partial charge in [0.2, 0.25) is 0 Å². The van der Waals surface area contributed by atoms with Gasteiger partial charge in [-0.25, -0.2) is 0 Å². The van der Waals surface area contributed by atoms with Gasteiger partial charge in [0.05, 0.1) is 11.0 Å². The van der Waals surface area contributed by atoms with E-state index in [0.717, 1.165) is 12.1 Å². The summed E-state index contributed by atoms with van der Waals surface area (Å²) < 4.78 is 49.2. The number of nitrogens with one attached hydrogen (secondary N) is 1. The Morgan fingerprint density at radius 1 is 1.31 bits per heavy atom. The van der Waals surface area contributed by atoms with Crippen molar-refractivity contribution in [2.75, 3.05) is 19.8 Å². The minimum Gasteiger partial charge on any atom is -0.481 e. The summed E-state index contributed by atoms with van der Waals surface area (Å²) in [6.45, 7) is 1.71. The monoisotopic (exact) mass is 375 g/mol. The first kappa shape index (κ1) is 20.0. The number of ether oxygens (including phenoxy) is 2. The third-order valence-corrected chi connectivity index (χ3v) is 4.37. The molecule has 6 nitrogen and oxygen atoms in total. The van der Waals surface area contributed by atoms with Crippen LogP contribution in [0.4, 0.5) is 13.2 Å². The van der Waals surface area contributed by atoms with Crippen LogP contribution in [-0.2, 0) is 20.5 Å². The number of benzene rings is 1. The predicted octanol–water partition coefficient (Wildman–Crippen LogP) is 2.47. The van der Waals surface area contributed by atoms with Crippen LogP contribution in [0.3, 0.4) is 0 Å². The van der Waals surface area contributed by atoms with Crippen LogP contribution in [0.2, 0.25) is 0 Å². The van der Waals surface area contributed by atoms with Gasteiger partial charge >= 0.3 is 12.1 Å². The Morgan fingerprint density at radius 3 is 2.50 bits per heavy atom. The highest BCUT2D eigenvalue weighted by atomic mass is 19.4. The molecule has 0 saturated carbocycles. The van der Waals surface area contributed by atoms with E-state index < -0.39 is 40.9 Å². The zero-order chi connectivity index (χ0) is 19.4. The molecule has 1 unspecified atom stereocenters. The number of aliphatic carboxylic acids is 1. The van der Waals surface area contributed by atoms with Crippen molar-refractivity contribution in [3.63, 3.8) is 0 Å². The molecular formula is C17H20F3NO5.